The number of halogens is 2. The fourth-order valence-electron chi connectivity index (χ4n) is 2.21. The topological polar surface area (TPSA) is 77.7 Å². The molecule has 1 amide bonds. The minimum atomic E-state index is -2.94. The normalized spacial score (nSPS) is 11.2. The minimum absolute atomic E-state index is 0.0688. The van der Waals surface area contributed by atoms with Gasteiger partial charge in [0.05, 0.1) is 13.3 Å². The third-order valence-corrected chi connectivity index (χ3v) is 3.43. The van der Waals surface area contributed by atoms with Crippen LogP contribution >= 0.6 is 0 Å². The molecule has 9 heteroatoms. The standard InChI is InChI=1S/C17H20F2N4O3/c1-4-7-20-16(24)15-12(10-22-23(15)2)21-9-11-5-6-13(26-17(18)19)14(8-11)25-3/h5-6,8-10,17H,4,7H2,1-3H3,(H,20,24). The lowest BCUT2D eigenvalue weighted by atomic mass is 10.2. The molecule has 0 saturated heterocycles. The highest BCUT2D eigenvalue weighted by molar-refractivity contribution is 5.98. The number of hydrogen-bond acceptors (Lipinski definition) is 5. The van der Waals surface area contributed by atoms with Crippen molar-refractivity contribution in [1.29, 1.82) is 0 Å². The number of carbonyl (C=O) groups excluding carboxylic acids is 1. The lowest BCUT2D eigenvalue weighted by Crippen LogP contribution is -2.26. The minimum Gasteiger partial charge on any atom is -0.493 e. The summed E-state index contributed by atoms with van der Waals surface area (Å²) >= 11 is 0. The second kappa shape index (κ2) is 8.93. The second-order valence-corrected chi connectivity index (χ2v) is 5.30. The van der Waals surface area contributed by atoms with E-state index in [2.05, 4.69) is 20.1 Å². The number of aromatic nitrogens is 2. The molecule has 0 saturated carbocycles. The Morgan fingerprint density at radius 3 is 2.85 bits per heavy atom. The lowest BCUT2D eigenvalue weighted by Gasteiger charge is -2.10. The number of methoxy groups -OCH3 is 1. The van der Waals surface area contributed by atoms with Gasteiger partial charge < -0.3 is 14.8 Å². The van der Waals surface area contributed by atoms with Crippen molar-refractivity contribution < 1.29 is 23.0 Å². The number of amides is 1. The van der Waals surface area contributed by atoms with E-state index < -0.39 is 6.61 Å². The van der Waals surface area contributed by atoms with Crippen molar-refractivity contribution in [2.24, 2.45) is 12.0 Å². The first-order chi connectivity index (χ1) is 12.5. The van der Waals surface area contributed by atoms with Crippen LogP contribution in [0.4, 0.5) is 14.5 Å². The fourth-order valence-corrected chi connectivity index (χ4v) is 2.21. The third-order valence-electron chi connectivity index (χ3n) is 3.43. The predicted octanol–water partition coefficient (Wildman–Crippen LogP) is 2.92. The zero-order valence-corrected chi connectivity index (χ0v) is 14.7. The maximum absolute atomic E-state index is 12.4. The molecule has 0 aliphatic rings. The SMILES string of the molecule is CCCNC(=O)c1c(N=Cc2ccc(OC(F)F)c(OC)c2)cnn1C. The Balaban J connectivity index is 2.24. The van der Waals surface area contributed by atoms with Crippen molar-refractivity contribution >= 4 is 17.8 Å². The monoisotopic (exact) mass is 366 g/mol. The molecule has 0 aliphatic carbocycles. The van der Waals surface area contributed by atoms with E-state index in [9.17, 15) is 13.6 Å². The maximum Gasteiger partial charge on any atom is 0.387 e. The van der Waals surface area contributed by atoms with Gasteiger partial charge in [-0.3, -0.25) is 14.5 Å². The summed E-state index contributed by atoms with van der Waals surface area (Å²) in [4.78, 5) is 16.5. The van der Waals surface area contributed by atoms with Gasteiger partial charge in [-0.1, -0.05) is 6.92 Å². The molecular formula is C17H20F2N4O3. The number of rotatable bonds is 8. The summed E-state index contributed by atoms with van der Waals surface area (Å²) < 4.78 is 35.6. The van der Waals surface area contributed by atoms with Crippen LogP contribution in [0, 0.1) is 0 Å². The number of alkyl halides is 2. The molecule has 2 aromatic rings. The summed E-state index contributed by atoms with van der Waals surface area (Å²) in [5, 5.41) is 6.83. The van der Waals surface area contributed by atoms with E-state index in [0.717, 1.165) is 6.42 Å². The van der Waals surface area contributed by atoms with E-state index in [1.54, 1.807) is 13.1 Å². The molecule has 1 heterocycles. The molecule has 2 rings (SSSR count). The molecule has 0 radical (unpaired) electrons. The van der Waals surface area contributed by atoms with Crippen LogP contribution in [-0.2, 0) is 7.05 Å². The number of nitrogens with zero attached hydrogens (tertiary/aromatic N) is 3. The molecule has 0 spiro atoms. The van der Waals surface area contributed by atoms with Crippen LogP contribution in [-0.4, -0.2) is 42.2 Å². The zero-order chi connectivity index (χ0) is 19.1. The highest BCUT2D eigenvalue weighted by atomic mass is 19.3. The van der Waals surface area contributed by atoms with Gasteiger partial charge >= 0.3 is 6.61 Å². The van der Waals surface area contributed by atoms with Crippen molar-refractivity contribution in [3.8, 4) is 11.5 Å². The summed E-state index contributed by atoms with van der Waals surface area (Å²) in [6.45, 7) is -0.434. The van der Waals surface area contributed by atoms with Crippen molar-refractivity contribution in [3.05, 3.63) is 35.7 Å². The number of benzene rings is 1. The lowest BCUT2D eigenvalue weighted by molar-refractivity contribution is -0.0512. The van der Waals surface area contributed by atoms with Gasteiger partial charge in [-0.15, -0.1) is 0 Å². The Bertz CT molecular complexity index is 790. The quantitative estimate of drug-likeness (QED) is 0.729. The van der Waals surface area contributed by atoms with Crippen molar-refractivity contribution in [2.75, 3.05) is 13.7 Å². The molecule has 0 unspecified atom stereocenters. The second-order valence-electron chi connectivity index (χ2n) is 5.30. The Hall–Kier alpha value is -2.97. The summed E-state index contributed by atoms with van der Waals surface area (Å²) in [5.74, 6) is -0.181. The average molecular weight is 366 g/mol. The summed E-state index contributed by atoms with van der Waals surface area (Å²) in [5.41, 5.74) is 1.32. The number of aliphatic imine (C=N–C) groups is 1. The van der Waals surface area contributed by atoms with Crippen molar-refractivity contribution in [2.45, 2.75) is 20.0 Å². The molecular weight excluding hydrogens is 346 g/mol. The van der Waals surface area contributed by atoms with E-state index in [1.807, 2.05) is 6.92 Å². The Labute approximate surface area is 149 Å². The molecule has 0 atom stereocenters. The number of hydrogen-bond donors (Lipinski definition) is 1. The molecule has 1 N–H and O–H groups in total. The predicted molar refractivity (Wildman–Crippen MR) is 92.7 cm³/mol. The van der Waals surface area contributed by atoms with Crippen LogP contribution in [0.1, 0.15) is 29.4 Å². The first kappa shape index (κ1) is 19.4. The Kier molecular flexibility index (Phi) is 6.65. The van der Waals surface area contributed by atoms with E-state index in [4.69, 9.17) is 4.74 Å². The molecule has 7 nitrogen and oxygen atoms in total. The Morgan fingerprint density at radius 1 is 1.42 bits per heavy atom. The van der Waals surface area contributed by atoms with Crippen LogP contribution in [0.3, 0.4) is 0 Å². The van der Waals surface area contributed by atoms with Crippen molar-refractivity contribution in [3.63, 3.8) is 0 Å². The maximum atomic E-state index is 12.4. The first-order valence-electron chi connectivity index (χ1n) is 7.93. The summed E-state index contributed by atoms with van der Waals surface area (Å²) in [6, 6.07) is 4.43. The van der Waals surface area contributed by atoms with Gasteiger partial charge in [0.25, 0.3) is 5.91 Å². The molecule has 26 heavy (non-hydrogen) atoms. The van der Waals surface area contributed by atoms with Gasteiger partial charge in [0.15, 0.2) is 17.2 Å². The first-order valence-corrected chi connectivity index (χ1v) is 7.93. The fraction of sp³-hybridized carbons (Fsp3) is 0.353. The van der Waals surface area contributed by atoms with Gasteiger partial charge in [0, 0.05) is 19.8 Å². The number of carbonyl (C=O) groups is 1. The number of ether oxygens (including phenoxy) is 2. The van der Waals surface area contributed by atoms with Crippen LogP contribution < -0.4 is 14.8 Å². The third kappa shape index (κ3) is 4.78. The highest BCUT2D eigenvalue weighted by Gasteiger charge is 2.16. The molecule has 0 fully saturated rings. The van der Waals surface area contributed by atoms with E-state index in [1.165, 1.54) is 36.3 Å². The summed E-state index contributed by atoms with van der Waals surface area (Å²) in [7, 11) is 3.01. The van der Waals surface area contributed by atoms with E-state index >= 15 is 0 Å². The van der Waals surface area contributed by atoms with Gasteiger partial charge in [0.1, 0.15) is 5.69 Å². The zero-order valence-electron chi connectivity index (χ0n) is 14.7. The van der Waals surface area contributed by atoms with Crippen molar-refractivity contribution in [1.82, 2.24) is 15.1 Å². The van der Waals surface area contributed by atoms with Gasteiger partial charge in [-0.05, 0) is 30.2 Å². The largest absolute Gasteiger partial charge is 0.493 e. The van der Waals surface area contributed by atoms with Crippen LogP contribution in [0.2, 0.25) is 0 Å². The number of nitrogens with one attached hydrogen (secondary N) is 1. The Morgan fingerprint density at radius 2 is 2.19 bits per heavy atom. The van der Waals surface area contributed by atoms with Gasteiger partial charge in [-0.2, -0.15) is 13.9 Å². The van der Waals surface area contributed by atoms with Crippen LogP contribution in [0.5, 0.6) is 11.5 Å². The average Bonchev–Trinajstić information content (AvgIpc) is 2.99. The summed E-state index contributed by atoms with van der Waals surface area (Å²) in [6.07, 6.45) is 3.78. The molecule has 140 valence electrons. The van der Waals surface area contributed by atoms with Crippen LogP contribution in [0.25, 0.3) is 0 Å². The molecule has 1 aromatic heterocycles. The van der Waals surface area contributed by atoms with Crippen LogP contribution in [0.15, 0.2) is 29.4 Å². The van der Waals surface area contributed by atoms with E-state index in [0.29, 0.717) is 23.5 Å². The molecule has 0 bridgehead atoms. The van der Waals surface area contributed by atoms with E-state index in [-0.39, 0.29) is 17.4 Å². The van der Waals surface area contributed by atoms with Gasteiger partial charge in [0.2, 0.25) is 0 Å². The molecule has 1 aromatic carbocycles. The highest BCUT2D eigenvalue weighted by Crippen LogP contribution is 2.29. The number of aryl methyl sites for hydroxylation is 1. The molecule has 0 aliphatic heterocycles. The smallest absolute Gasteiger partial charge is 0.387 e. The van der Waals surface area contributed by atoms with Gasteiger partial charge in [-0.25, -0.2) is 0 Å².